The van der Waals surface area contributed by atoms with Crippen LogP contribution >= 0.6 is 0 Å². The fraction of sp³-hybridized carbons (Fsp3) is 0.214. The molecule has 0 saturated carbocycles. The first-order valence-electron chi connectivity index (χ1n) is 5.91. The minimum Gasteiger partial charge on any atom is -0.462 e. The number of H-pyrrole nitrogens is 1. The SMILES string of the molecule is CCOC(=O)c1cc(Oc2ccccc2F)[nH]c1C. The van der Waals surface area contributed by atoms with E-state index in [0.29, 0.717) is 23.7 Å². The topological polar surface area (TPSA) is 51.3 Å². The number of ether oxygens (including phenoxy) is 2. The summed E-state index contributed by atoms with van der Waals surface area (Å²) in [7, 11) is 0. The molecule has 0 aliphatic rings. The highest BCUT2D eigenvalue weighted by Gasteiger charge is 2.15. The number of aromatic amines is 1. The lowest BCUT2D eigenvalue weighted by atomic mass is 10.2. The van der Waals surface area contributed by atoms with Crippen LogP contribution in [0.5, 0.6) is 11.6 Å². The molecule has 0 amide bonds. The van der Waals surface area contributed by atoms with Crippen molar-refractivity contribution in [3.63, 3.8) is 0 Å². The van der Waals surface area contributed by atoms with Gasteiger partial charge in [-0.2, -0.15) is 0 Å². The molecule has 100 valence electrons. The molecule has 5 heteroatoms. The molecule has 0 radical (unpaired) electrons. The zero-order valence-electron chi connectivity index (χ0n) is 10.7. The molecule has 1 aromatic carbocycles. The van der Waals surface area contributed by atoms with E-state index >= 15 is 0 Å². The zero-order valence-corrected chi connectivity index (χ0v) is 10.7. The van der Waals surface area contributed by atoms with Gasteiger partial charge in [0, 0.05) is 11.8 Å². The van der Waals surface area contributed by atoms with Crippen molar-refractivity contribution < 1.29 is 18.7 Å². The Morgan fingerprint density at radius 1 is 1.37 bits per heavy atom. The monoisotopic (exact) mass is 263 g/mol. The number of hydrogen-bond acceptors (Lipinski definition) is 3. The predicted octanol–water partition coefficient (Wildman–Crippen LogP) is 3.43. The van der Waals surface area contributed by atoms with E-state index in [1.54, 1.807) is 26.0 Å². The van der Waals surface area contributed by atoms with Gasteiger partial charge in [-0.15, -0.1) is 0 Å². The van der Waals surface area contributed by atoms with Gasteiger partial charge in [0.1, 0.15) is 0 Å². The van der Waals surface area contributed by atoms with Crippen LogP contribution in [0.15, 0.2) is 30.3 Å². The second-order valence-electron chi connectivity index (χ2n) is 3.93. The molecule has 0 aliphatic carbocycles. The summed E-state index contributed by atoms with van der Waals surface area (Å²) in [5.41, 5.74) is 0.998. The summed E-state index contributed by atoms with van der Waals surface area (Å²) in [5.74, 6) is -0.503. The maximum Gasteiger partial charge on any atom is 0.340 e. The standard InChI is InChI=1S/C14H14FNO3/c1-3-18-14(17)10-8-13(16-9(10)2)19-12-7-5-4-6-11(12)15/h4-8,16H,3H2,1-2H3. The fourth-order valence-electron chi connectivity index (χ4n) is 1.65. The van der Waals surface area contributed by atoms with Gasteiger partial charge in [-0.1, -0.05) is 12.1 Å². The zero-order chi connectivity index (χ0) is 13.8. The Hall–Kier alpha value is -2.30. The molecule has 2 aromatic rings. The molecular formula is C14H14FNO3. The molecule has 1 heterocycles. The fourth-order valence-corrected chi connectivity index (χ4v) is 1.65. The van der Waals surface area contributed by atoms with E-state index in [4.69, 9.17) is 9.47 Å². The first-order chi connectivity index (χ1) is 9.11. The Bertz CT molecular complexity index is 592. The van der Waals surface area contributed by atoms with Crippen molar-refractivity contribution in [1.82, 2.24) is 4.98 Å². The predicted molar refractivity (Wildman–Crippen MR) is 68.0 cm³/mol. The molecular weight excluding hydrogens is 249 g/mol. The molecule has 19 heavy (non-hydrogen) atoms. The number of carbonyl (C=O) groups is 1. The van der Waals surface area contributed by atoms with Crippen molar-refractivity contribution in [3.05, 3.63) is 47.4 Å². The summed E-state index contributed by atoms with van der Waals surface area (Å²) in [6.07, 6.45) is 0. The summed E-state index contributed by atoms with van der Waals surface area (Å²) in [5, 5.41) is 0. The van der Waals surface area contributed by atoms with E-state index in [1.807, 2.05) is 0 Å². The number of benzene rings is 1. The minimum absolute atomic E-state index is 0.0964. The van der Waals surface area contributed by atoms with Crippen molar-refractivity contribution in [2.24, 2.45) is 0 Å². The summed E-state index contributed by atoms with van der Waals surface area (Å²) in [6.45, 7) is 3.75. The number of rotatable bonds is 4. The largest absolute Gasteiger partial charge is 0.462 e. The maximum atomic E-state index is 13.4. The molecule has 1 aromatic heterocycles. The lowest BCUT2D eigenvalue weighted by Gasteiger charge is -2.03. The number of aryl methyl sites for hydroxylation is 1. The summed E-state index contributed by atoms with van der Waals surface area (Å²) in [4.78, 5) is 14.5. The van der Waals surface area contributed by atoms with E-state index < -0.39 is 11.8 Å². The number of para-hydroxylation sites is 1. The number of esters is 1. The third-order valence-electron chi connectivity index (χ3n) is 2.54. The van der Waals surface area contributed by atoms with Gasteiger partial charge in [0.25, 0.3) is 0 Å². The number of nitrogens with one attached hydrogen (secondary N) is 1. The van der Waals surface area contributed by atoms with E-state index in [9.17, 15) is 9.18 Å². The molecule has 1 N–H and O–H groups in total. The number of halogens is 1. The molecule has 0 spiro atoms. The van der Waals surface area contributed by atoms with E-state index in [1.165, 1.54) is 18.2 Å². The maximum absolute atomic E-state index is 13.4. The van der Waals surface area contributed by atoms with Gasteiger partial charge >= 0.3 is 5.97 Å². The highest BCUT2D eigenvalue weighted by molar-refractivity contribution is 5.91. The van der Waals surface area contributed by atoms with Crippen molar-refractivity contribution >= 4 is 5.97 Å². The molecule has 2 rings (SSSR count). The van der Waals surface area contributed by atoms with Crippen molar-refractivity contribution in [1.29, 1.82) is 0 Å². The minimum atomic E-state index is -0.465. The van der Waals surface area contributed by atoms with Gasteiger partial charge in [-0.05, 0) is 26.0 Å². The van der Waals surface area contributed by atoms with Crippen LogP contribution in [0.1, 0.15) is 23.0 Å². The van der Waals surface area contributed by atoms with Crippen LogP contribution in [-0.2, 0) is 4.74 Å². The number of hydrogen-bond donors (Lipinski definition) is 1. The van der Waals surface area contributed by atoms with Crippen LogP contribution in [0.3, 0.4) is 0 Å². The highest BCUT2D eigenvalue weighted by Crippen LogP contribution is 2.25. The first kappa shape index (κ1) is 13.1. The van der Waals surface area contributed by atoms with Crippen molar-refractivity contribution in [3.8, 4) is 11.6 Å². The summed E-state index contributed by atoms with van der Waals surface area (Å²) >= 11 is 0. The van der Waals surface area contributed by atoms with Gasteiger partial charge in [-0.3, -0.25) is 0 Å². The normalized spacial score (nSPS) is 10.3. The smallest absolute Gasteiger partial charge is 0.340 e. The second kappa shape index (κ2) is 5.56. The van der Waals surface area contributed by atoms with Gasteiger partial charge in [0.15, 0.2) is 17.4 Å². The lowest BCUT2D eigenvalue weighted by molar-refractivity contribution is 0.0525. The van der Waals surface area contributed by atoms with Crippen LogP contribution in [0.25, 0.3) is 0 Å². The molecule has 0 bridgehead atoms. The average Bonchev–Trinajstić information content (AvgIpc) is 2.74. The Labute approximate surface area is 110 Å². The van der Waals surface area contributed by atoms with Gasteiger partial charge in [0.2, 0.25) is 0 Å². The molecule has 0 saturated heterocycles. The van der Waals surface area contributed by atoms with Gasteiger partial charge < -0.3 is 14.5 Å². The summed E-state index contributed by atoms with van der Waals surface area (Å²) < 4.78 is 23.7. The van der Waals surface area contributed by atoms with Crippen molar-refractivity contribution in [2.45, 2.75) is 13.8 Å². The van der Waals surface area contributed by atoms with Crippen molar-refractivity contribution in [2.75, 3.05) is 6.61 Å². The van der Waals surface area contributed by atoms with Crippen LogP contribution in [0.2, 0.25) is 0 Å². The van der Waals surface area contributed by atoms with Crippen LogP contribution in [0, 0.1) is 12.7 Å². The number of aromatic nitrogens is 1. The lowest BCUT2D eigenvalue weighted by Crippen LogP contribution is -2.04. The first-order valence-corrected chi connectivity index (χ1v) is 5.91. The Balaban J connectivity index is 2.21. The quantitative estimate of drug-likeness (QED) is 0.860. The van der Waals surface area contributed by atoms with Gasteiger partial charge in [0.05, 0.1) is 12.2 Å². The van der Waals surface area contributed by atoms with Crippen LogP contribution in [0.4, 0.5) is 4.39 Å². The molecule has 0 aliphatic heterocycles. The Kier molecular flexibility index (Phi) is 3.85. The Morgan fingerprint density at radius 3 is 2.79 bits per heavy atom. The summed E-state index contributed by atoms with van der Waals surface area (Å²) in [6, 6.07) is 7.55. The van der Waals surface area contributed by atoms with E-state index in [2.05, 4.69) is 4.98 Å². The van der Waals surface area contributed by atoms with Crippen LogP contribution in [-0.4, -0.2) is 17.6 Å². The molecule has 4 nitrogen and oxygen atoms in total. The highest BCUT2D eigenvalue weighted by atomic mass is 19.1. The van der Waals surface area contributed by atoms with E-state index in [-0.39, 0.29) is 5.75 Å². The van der Waals surface area contributed by atoms with Crippen LogP contribution < -0.4 is 4.74 Å². The third kappa shape index (κ3) is 2.93. The third-order valence-corrected chi connectivity index (χ3v) is 2.54. The molecule has 0 atom stereocenters. The van der Waals surface area contributed by atoms with E-state index in [0.717, 1.165) is 0 Å². The molecule has 0 unspecified atom stereocenters. The second-order valence-corrected chi connectivity index (χ2v) is 3.93. The van der Waals surface area contributed by atoms with Gasteiger partial charge in [-0.25, -0.2) is 9.18 Å². The average molecular weight is 263 g/mol. The molecule has 0 fully saturated rings. The Morgan fingerprint density at radius 2 is 2.11 bits per heavy atom. The number of carbonyl (C=O) groups excluding carboxylic acids is 1.